The Hall–Kier alpha value is -5.57. The number of carbonyl (C=O) groups excluding carboxylic acids is 3. The molecule has 3 aliphatic heterocycles. The summed E-state index contributed by atoms with van der Waals surface area (Å²) in [5.41, 5.74) is 5.38. The summed E-state index contributed by atoms with van der Waals surface area (Å²) >= 11 is 1.57. The molecule has 0 radical (unpaired) electrons. The Bertz CT molecular complexity index is 2300. The van der Waals surface area contributed by atoms with Crippen molar-refractivity contribution in [1.82, 2.24) is 35.4 Å². The molecule has 3 amide bonds. The molecule has 328 valence electrons. The van der Waals surface area contributed by atoms with Gasteiger partial charge in [0, 0.05) is 45.2 Å². The second-order valence-corrected chi connectivity index (χ2v) is 18.5. The fraction of sp³-hybridized carbons (Fsp3) is 0.489. The van der Waals surface area contributed by atoms with Crippen LogP contribution in [0.1, 0.15) is 82.2 Å². The number of amides is 3. The molecule has 17 heteroatoms. The van der Waals surface area contributed by atoms with Gasteiger partial charge in [0.2, 0.25) is 17.7 Å². The Morgan fingerprint density at radius 3 is 2.44 bits per heavy atom. The third kappa shape index (κ3) is 10.4. The molecular formula is C45H54F2N10O4S. The van der Waals surface area contributed by atoms with Gasteiger partial charge in [0.1, 0.15) is 23.5 Å². The van der Waals surface area contributed by atoms with Crippen LogP contribution in [0, 0.1) is 18.9 Å². The zero-order valence-corrected chi connectivity index (χ0v) is 36.5. The summed E-state index contributed by atoms with van der Waals surface area (Å²) in [4.78, 5) is 64.3. The van der Waals surface area contributed by atoms with E-state index in [0.717, 1.165) is 27.3 Å². The molecule has 0 unspecified atom stereocenters. The van der Waals surface area contributed by atoms with Crippen LogP contribution in [-0.2, 0) is 14.4 Å². The number of hydrogen-bond acceptors (Lipinski definition) is 11. The zero-order valence-electron chi connectivity index (χ0n) is 35.7. The molecule has 4 atom stereocenters. The van der Waals surface area contributed by atoms with Crippen LogP contribution in [0.15, 0.2) is 60.2 Å². The molecule has 4 N–H and O–H groups in total. The highest BCUT2D eigenvalue weighted by Gasteiger charge is 2.44. The minimum Gasteiger partial charge on any atom is -0.391 e. The summed E-state index contributed by atoms with van der Waals surface area (Å²) in [6.45, 7) is 17.4. The van der Waals surface area contributed by atoms with Crippen molar-refractivity contribution in [3.8, 4) is 10.4 Å². The summed E-state index contributed by atoms with van der Waals surface area (Å²) in [6, 6.07) is 12.8. The second-order valence-electron chi connectivity index (χ2n) is 17.7. The van der Waals surface area contributed by atoms with Gasteiger partial charge in [0.05, 0.1) is 53.9 Å². The molecule has 0 spiro atoms. The third-order valence-electron chi connectivity index (χ3n) is 12.0. The van der Waals surface area contributed by atoms with Crippen LogP contribution in [0.25, 0.3) is 15.3 Å². The van der Waals surface area contributed by atoms with Crippen molar-refractivity contribution in [2.75, 3.05) is 49.5 Å². The van der Waals surface area contributed by atoms with Crippen molar-refractivity contribution < 1.29 is 28.3 Å². The molecule has 0 bridgehead atoms. The van der Waals surface area contributed by atoms with Crippen LogP contribution in [0.2, 0.25) is 0 Å². The quantitative estimate of drug-likeness (QED) is 0.114. The predicted molar refractivity (Wildman–Crippen MR) is 235 cm³/mol. The first kappa shape index (κ1) is 44.5. The number of β-amino-alcohol motifs (C(OH)–C–C–N with tert-alkyl or cyclic N) is 1. The Labute approximate surface area is 365 Å². The standard InChI is InChI=1S/C45H54F2N10O4S/c1-27(29-7-9-31(10-8-29)40-28(2)51-26-62-40)52-42(60)35-22-34(58)24-57(35)43(61)41(44(3,4)5)50-23-39(59)55-16-12-30(13-17-55)32-19-37(53-36-21-33(48-6)11-15-49-36)54-38(20-32)56-18-14-45(46,47)25-56/h7-11,15,19-21,26-27,30,34-35,41,50,58H,12-14,16-18,22-25H2,1-5H3,(H,52,60)(H,49,53,54)/t27-,34+,35-,41+/m0/s1. The maximum atomic E-state index is 14.3. The second kappa shape index (κ2) is 18.4. The first-order valence-corrected chi connectivity index (χ1v) is 21.9. The van der Waals surface area contributed by atoms with E-state index in [1.807, 2.05) is 76.5 Å². The van der Waals surface area contributed by atoms with Gasteiger partial charge in [-0.1, -0.05) is 45.0 Å². The maximum absolute atomic E-state index is 14.3. The number of nitrogens with one attached hydrogen (secondary N) is 3. The first-order chi connectivity index (χ1) is 29.5. The van der Waals surface area contributed by atoms with Crippen LogP contribution in [0.4, 0.5) is 31.9 Å². The molecule has 0 aliphatic carbocycles. The molecule has 7 rings (SSSR count). The summed E-state index contributed by atoms with van der Waals surface area (Å²) in [6.07, 6.45) is 1.73. The number of piperidine rings is 1. The zero-order chi connectivity index (χ0) is 44.3. The Kier molecular flexibility index (Phi) is 13.2. The molecule has 0 saturated carbocycles. The number of carbonyl (C=O) groups is 3. The lowest BCUT2D eigenvalue weighted by Gasteiger charge is -2.37. The molecule has 3 aromatic heterocycles. The van der Waals surface area contributed by atoms with E-state index in [9.17, 15) is 28.3 Å². The molecule has 1 aromatic carbocycles. The monoisotopic (exact) mass is 868 g/mol. The average molecular weight is 869 g/mol. The first-order valence-electron chi connectivity index (χ1n) is 21.0. The lowest BCUT2D eigenvalue weighted by atomic mass is 9.85. The Morgan fingerprint density at radius 1 is 1.05 bits per heavy atom. The summed E-state index contributed by atoms with van der Waals surface area (Å²) in [7, 11) is 0. The lowest BCUT2D eigenvalue weighted by Crippen LogP contribution is -2.58. The fourth-order valence-electron chi connectivity index (χ4n) is 8.51. The molecule has 3 fully saturated rings. The van der Waals surface area contributed by atoms with Crippen LogP contribution in [0.5, 0.6) is 0 Å². The van der Waals surface area contributed by atoms with Gasteiger partial charge in [0.15, 0.2) is 5.69 Å². The summed E-state index contributed by atoms with van der Waals surface area (Å²) < 4.78 is 28.6. The average Bonchev–Trinajstić information content (AvgIpc) is 3.97. The number of aliphatic hydroxyl groups is 1. The van der Waals surface area contributed by atoms with E-state index in [1.165, 1.54) is 11.1 Å². The number of aliphatic hydroxyl groups excluding tert-OH is 1. The number of likely N-dealkylation sites (tertiary alicyclic amines) is 2. The molecule has 62 heavy (non-hydrogen) atoms. The predicted octanol–water partition coefficient (Wildman–Crippen LogP) is 6.60. The number of alkyl halides is 2. The van der Waals surface area contributed by atoms with Crippen molar-refractivity contribution in [2.45, 2.75) is 96.4 Å². The Balaban J connectivity index is 0.970. The number of hydrogen-bond donors (Lipinski definition) is 4. The SMILES string of the molecule is [C-]#[N+]c1ccnc(Nc2cc(C3CCN(C(=O)CN[C@H](C(=O)N4C[C@H](O)C[C@H]4C(=O)N[C@@H](C)c4ccc(-c5scnc5C)cc4)C(C)(C)C)CC3)cc(N3CCC(F)(F)C3)n2)c1. The fourth-order valence-corrected chi connectivity index (χ4v) is 9.32. The molecule has 6 heterocycles. The van der Waals surface area contributed by atoms with Crippen LogP contribution < -0.4 is 20.9 Å². The van der Waals surface area contributed by atoms with E-state index in [1.54, 1.807) is 33.3 Å². The number of aryl methyl sites for hydroxylation is 1. The van der Waals surface area contributed by atoms with Crippen LogP contribution in [0.3, 0.4) is 0 Å². The number of benzene rings is 1. The number of aromatic nitrogens is 3. The highest BCUT2D eigenvalue weighted by molar-refractivity contribution is 7.13. The van der Waals surface area contributed by atoms with E-state index in [2.05, 4.69) is 35.7 Å². The minimum absolute atomic E-state index is 0.00193. The van der Waals surface area contributed by atoms with Gasteiger partial charge in [-0.15, -0.1) is 11.3 Å². The van der Waals surface area contributed by atoms with Gasteiger partial charge in [0.25, 0.3) is 5.92 Å². The van der Waals surface area contributed by atoms with Gasteiger partial charge < -0.3 is 30.4 Å². The van der Waals surface area contributed by atoms with E-state index in [0.29, 0.717) is 49.1 Å². The molecule has 3 aliphatic rings. The Morgan fingerprint density at radius 2 is 1.79 bits per heavy atom. The topological polar surface area (TPSA) is 160 Å². The summed E-state index contributed by atoms with van der Waals surface area (Å²) in [5.74, 6) is -2.41. The van der Waals surface area contributed by atoms with Crippen molar-refractivity contribution in [3.05, 3.63) is 88.5 Å². The van der Waals surface area contributed by atoms with Gasteiger partial charge >= 0.3 is 0 Å². The van der Waals surface area contributed by atoms with E-state index < -0.39 is 36.1 Å². The normalized spacial score (nSPS) is 20.1. The lowest BCUT2D eigenvalue weighted by molar-refractivity contribution is -0.143. The van der Waals surface area contributed by atoms with Gasteiger partial charge in [-0.05, 0) is 79.0 Å². The number of rotatable bonds is 12. The number of thiazole rings is 1. The maximum Gasteiger partial charge on any atom is 0.266 e. The van der Waals surface area contributed by atoms with E-state index >= 15 is 0 Å². The highest BCUT2D eigenvalue weighted by atomic mass is 32.1. The van der Waals surface area contributed by atoms with Gasteiger partial charge in [-0.25, -0.2) is 28.6 Å². The number of anilines is 3. The highest BCUT2D eigenvalue weighted by Crippen LogP contribution is 2.36. The molecular weight excluding hydrogens is 815 g/mol. The summed E-state index contributed by atoms with van der Waals surface area (Å²) in [5, 5.41) is 20.1. The van der Waals surface area contributed by atoms with Crippen LogP contribution in [-0.4, -0.2) is 111 Å². The minimum atomic E-state index is -2.81. The molecule has 14 nitrogen and oxygen atoms in total. The largest absolute Gasteiger partial charge is 0.391 e. The third-order valence-corrected chi connectivity index (χ3v) is 13.0. The number of halogens is 2. The van der Waals surface area contributed by atoms with Gasteiger partial charge in [-0.3, -0.25) is 19.7 Å². The van der Waals surface area contributed by atoms with Crippen molar-refractivity contribution in [1.29, 1.82) is 0 Å². The van der Waals surface area contributed by atoms with Crippen molar-refractivity contribution in [3.63, 3.8) is 0 Å². The van der Waals surface area contributed by atoms with E-state index in [4.69, 9.17) is 6.57 Å². The number of pyridine rings is 2. The molecule has 3 saturated heterocycles. The number of nitrogens with zero attached hydrogens (tertiary/aromatic N) is 7. The molecule has 4 aromatic rings. The van der Waals surface area contributed by atoms with E-state index in [-0.39, 0.29) is 62.2 Å². The van der Waals surface area contributed by atoms with Gasteiger partial charge in [-0.2, -0.15) is 0 Å². The van der Waals surface area contributed by atoms with Crippen LogP contribution >= 0.6 is 11.3 Å². The van der Waals surface area contributed by atoms with Crippen molar-refractivity contribution in [2.24, 2.45) is 5.41 Å². The smallest absolute Gasteiger partial charge is 0.266 e. The van der Waals surface area contributed by atoms with Crippen molar-refractivity contribution >= 4 is 52.2 Å².